The molecule has 0 amide bonds. The molecule has 0 saturated heterocycles. The van der Waals surface area contributed by atoms with Crippen LogP contribution in [0.5, 0.6) is 11.5 Å². The van der Waals surface area contributed by atoms with E-state index in [1.165, 1.54) is 12.1 Å². The van der Waals surface area contributed by atoms with Gasteiger partial charge >= 0.3 is 0 Å². The predicted octanol–water partition coefficient (Wildman–Crippen LogP) is 3.29. The number of ether oxygens (including phenoxy) is 1. The smallest absolute Gasteiger partial charge is 0.145 e. The van der Waals surface area contributed by atoms with Gasteiger partial charge in [0.1, 0.15) is 17.3 Å². The summed E-state index contributed by atoms with van der Waals surface area (Å²) in [7, 11) is 1.88. The molecule has 3 nitrogen and oxygen atoms in total. The van der Waals surface area contributed by atoms with E-state index in [0.717, 1.165) is 5.69 Å². The Morgan fingerprint density at radius 3 is 2.67 bits per heavy atom. The van der Waals surface area contributed by atoms with Crippen LogP contribution in [0.15, 0.2) is 42.6 Å². The minimum absolute atomic E-state index is 0.188. The van der Waals surface area contributed by atoms with Crippen molar-refractivity contribution in [1.82, 2.24) is 10.3 Å². The lowest BCUT2D eigenvalue weighted by atomic mass is 10.2. The van der Waals surface area contributed by atoms with E-state index in [4.69, 9.17) is 4.74 Å². The number of rotatable bonds is 4. The van der Waals surface area contributed by atoms with Crippen LogP contribution < -0.4 is 10.1 Å². The molecule has 0 spiro atoms. The number of nitrogens with one attached hydrogen (secondary N) is 1. The second kappa shape index (κ2) is 5.60. The molecule has 2 rings (SSSR count). The summed E-state index contributed by atoms with van der Waals surface area (Å²) in [4.78, 5) is 4.29. The van der Waals surface area contributed by atoms with Crippen molar-refractivity contribution in [1.29, 1.82) is 0 Å². The molecule has 0 aliphatic heterocycles. The van der Waals surface area contributed by atoms with Crippen molar-refractivity contribution in [3.8, 4) is 11.5 Å². The molecule has 1 heterocycles. The summed E-state index contributed by atoms with van der Waals surface area (Å²) < 4.78 is 18.5. The number of pyridine rings is 1. The van der Waals surface area contributed by atoms with Crippen LogP contribution in [0.2, 0.25) is 0 Å². The van der Waals surface area contributed by atoms with E-state index in [1.54, 1.807) is 18.3 Å². The topological polar surface area (TPSA) is 34.1 Å². The monoisotopic (exact) mass is 246 g/mol. The molecule has 94 valence electrons. The highest BCUT2D eigenvalue weighted by Gasteiger charge is 2.04. The van der Waals surface area contributed by atoms with E-state index in [0.29, 0.717) is 11.5 Å². The number of hydrogen-bond donors (Lipinski definition) is 1. The molecule has 0 saturated carbocycles. The second-order valence-electron chi connectivity index (χ2n) is 3.99. The van der Waals surface area contributed by atoms with Crippen molar-refractivity contribution in [3.63, 3.8) is 0 Å². The summed E-state index contributed by atoms with van der Waals surface area (Å²) >= 11 is 0. The van der Waals surface area contributed by atoms with Crippen molar-refractivity contribution in [2.45, 2.75) is 13.0 Å². The van der Waals surface area contributed by atoms with E-state index < -0.39 is 0 Å². The number of halogens is 1. The molecular formula is C14H15FN2O. The van der Waals surface area contributed by atoms with Gasteiger partial charge in [-0.3, -0.25) is 4.98 Å². The lowest BCUT2D eigenvalue weighted by molar-refractivity contribution is 0.473. The van der Waals surface area contributed by atoms with Gasteiger partial charge in [-0.1, -0.05) is 6.07 Å². The van der Waals surface area contributed by atoms with Gasteiger partial charge in [0.05, 0.1) is 11.9 Å². The molecule has 0 aliphatic rings. The van der Waals surface area contributed by atoms with Crippen molar-refractivity contribution in [2.75, 3.05) is 7.05 Å². The van der Waals surface area contributed by atoms with Gasteiger partial charge in [0, 0.05) is 12.1 Å². The van der Waals surface area contributed by atoms with Gasteiger partial charge in [-0.15, -0.1) is 0 Å². The van der Waals surface area contributed by atoms with Gasteiger partial charge in [-0.2, -0.15) is 0 Å². The Morgan fingerprint density at radius 2 is 2.06 bits per heavy atom. The standard InChI is InChI=1S/C14H15FN2O/c1-10(16-2)14-7-6-13(9-17-14)18-12-5-3-4-11(15)8-12/h3-10,16H,1-2H3. The van der Waals surface area contributed by atoms with Gasteiger partial charge in [0.2, 0.25) is 0 Å². The van der Waals surface area contributed by atoms with Crippen LogP contribution in [0.3, 0.4) is 0 Å². The Bertz CT molecular complexity index is 513. The number of benzene rings is 1. The van der Waals surface area contributed by atoms with Crippen LogP contribution in [0.25, 0.3) is 0 Å². The Labute approximate surface area is 106 Å². The zero-order valence-electron chi connectivity index (χ0n) is 10.4. The van der Waals surface area contributed by atoms with Crippen LogP contribution in [0, 0.1) is 5.82 Å². The lowest BCUT2D eigenvalue weighted by Gasteiger charge is -2.10. The van der Waals surface area contributed by atoms with E-state index in [2.05, 4.69) is 10.3 Å². The van der Waals surface area contributed by atoms with E-state index in [-0.39, 0.29) is 11.9 Å². The first kappa shape index (κ1) is 12.5. The highest BCUT2D eigenvalue weighted by molar-refractivity contribution is 5.30. The quantitative estimate of drug-likeness (QED) is 0.898. The molecule has 0 fully saturated rings. The first-order chi connectivity index (χ1) is 8.69. The Kier molecular flexibility index (Phi) is 3.89. The van der Waals surface area contributed by atoms with Gasteiger partial charge < -0.3 is 10.1 Å². The maximum Gasteiger partial charge on any atom is 0.145 e. The fourth-order valence-electron chi connectivity index (χ4n) is 1.52. The maximum absolute atomic E-state index is 13.0. The largest absolute Gasteiger partial charge is 0.456 e. The summed E-state index contributed by atoms with van der Waals surface area (Å²) in [6, 6.07) is 9.92. The van der Waals surface area contributed by atoms with Crippen molar-refractivity contribution >= 4 is 0 Å². The highest BCUT2D eigenvalue weighted by Crippen LogP contribution is 2.22. The zero-order chi connectivity index (χ0) is 13.0. The SMILES string of the molecule is CNC(C)c1ccc(Oc2cccc(F)c2)cn1. The first-order valence-electron chi connectivity index (χ1n) is 5.75. The minimum atomic E-state index is -0.319. The summed E-state index contributed by atoms with van der Waals surface area (Å²) in [5.74, 6) is 0.736. The third-order valence-corrected chi connectivity index (χ3v) is 2.67. The summed E-state index contributed by atoms with van der Waals surface area (Å²) in [5, 5.41) is 3.10. The summed E-state index contributed by atoms with van der Waals surface area (Å²) in [6.45, 7) is 2.02. The average molecular weight is 246 g/mol. The third-order valence-electron chi connectivity index (χ3n) is 2.67. The Hall–Kier alpha value is -1.94. The van der Waals surface area contributed by atoms with Crippen LogP contribution in [0.1, 0.15) is 18.7 Å². The second-order valence-corrected chi connectivity index (χ2v) is 3.99. The lowest BCUT2D eigenvalue weighted by Crippen LogP contribution is -2.13. The van der Waals surface area contributed by atoms with Crippen LogP contribution in [0.4, 0.5) is 4.39 Å². The molecule has 18 heavy (non-hydrogen) atoms. The Morgan fingerprint density at radius 1 is 1.22 bits per heavy atom. The first-order valence-corrected chi connectivity index (χ1v) is 5.75. The molecule has 1 atom stereocenters. The van der Waals surface area contributed by atoms with Crippen LogP contribution in [-0.4, -0.2) is 12.0 Å². The molecular weight excluding hydrogens is 231 g/mol. The predicted molar refractivity (Wildman–Crippen MR) is 68.2 cm³/mol. The van der Waals surface area contributed by atoms with Gasteiger partial charge in [0.25, 0.3) is 0 Å². The van der Waals surface area contributed by atoms with E-state index in [1.807, 2.05) is 26.1 Å². The van der Waals surface area contributed by atoms with Gasteiger partial charge in [0.15, 0.2) is 0 Å². The maximum atomic E-state index is 13.0. The number of aromatic nitrogens is 1. The molecule has 0 aliphatic carbocycles. The van der Waals surface area contributed by atoms with Crippen molar-refractivity contribution in [2.24, 2.45) is 0 Å². The van der Waals surface area contributed by atoms with Crippen LogP contribution >= 0.6 is 0 Å². The fourth-order valence-corrected chi connectivity index (χ4v) is 1.52. The number of hydrogen-bond acceptors (Lipinski definition) is 3. The fraction of sp³-hybridized carbons (Fsp3) is 0.214. The van der Waals surface area contributed by atoms with Crippen molar-refractivity contribution in [3.05, 3.63) is 54.1 Å². The number of nitrogens with zero attached hydrogens (tertiary/aromatic N) is 1. The minimum Gasteiger partial charge on any atom is -0.456 e. The summed E-state index contributed by atoms with van der Waals surface area (Å²) in [5.41, 5.74) is 0.934. The summed E-state index contributed by atoms with van der Waals surface area (Å²) in [6.07, 6.45) is 1.63. The van der Waals surface area contributed by atoms with E-state index in [9.17, 15) is 4.39 Å². The van der Waals surface area contributed by atoms with Crippen LogP contribution in [-0.2, 0) is 0 Å². The highest BCUT2D eigenvalue weighted by atomic mass is 19.1. The normalized spacial score (nSPS) is 12.2. The molecule has 4 heteroatoms. The molecule has 0 radical (unpaired) electrons. The van der Waals surface area contributed by atoms with Gasteiger partial charge in [-0.25, -0.2) is 4.39 Å². The molecule has 0 bridgehead atoms. The molecule has 1 N–H and O–H groups in total. The molecule has 2 aromatic rings. The third kappa shape index (κ3) is 3.05. The molecule has 1 unspecified atom stereocenters. The zero-order valence-corrected chi connectivity index (χ0v) is 10.4. The Balaban J connectivity index is 2.11. The average Bonchev–Trinajstić information content (AvgIpc) is 2.39. The molecule has 1 aromatic heterocycles. The van der Waals surface area contributed by atoms with E-state index >= 15 is 0 Å². The van der Waals surface area contributed by atoms with Crippen molar-refractivity contribution < 1.29 is 9.13 Å². The molecule has 1 aromatic carbocycles. The van der Waals surface area contributed by atoms with Gasteiger partial charge in [-0.05, 0) is 38.2 Å².